The number of carbonyl (C=O) groups excluding carboxylic acids is 2. The number of amides is 2. The number of carboxylic acid groups (broad SMARTS) is 1. The first-order valence-corrected chi connectivity index (χ1v) is 4.69. The van der Waals surface area contributed by atoms with Crippen molar-refractivity contribution in [2.24, 2.45) is 5.92 Å². The maximum Gasteiger partial charge on any atom is 0.326 e. The summed E-state index contributed by atoms with van der Waals surface area (Å²) in [6.45, 7) is 1.73. The number of carboxylic acids is 1. The Balaban J connectivity index is 2.60. The van der Waals surface area contributed by atoms with Gasteiger partial charge in [0, 0.05) is 20.0 Å². The number of hydrogen-bond donors (Lipinski definition) is 2. The SMILES string of the molecule is CC(C(=O)O)N(C)C(=O)C1CNC(=O)C1. The minimum atomic E-state index is -1.05. The van der Waals surface area contributed by atoms with Crippen LogP contribution < -0.4 is 5.32 Å². The van der Waals surface area contributed by atoms with Gasteiger partial charge >= 0.3 is 5.97 Å². The van der Waals surface area contributed by atoms with Crippen LogP contribution in [0.25, 0.3) is 0 Å². The van der Waals surface area contributed by atoms with Crippen molar-refractivity contribution in [2.45, 2.75) is 19.4 Å². The fraction of sp³-hybridized carbons (Fsp3) is 0.667. The maximum atomic E-state index is 11.7. The largest absolute Gasteiger partial charge is 0.480 e. The summed E-state index contributed by atoms with van der Waals surface area (Å²) < 4.78 is 0. The first kappa shape index (κ1) is 11.5. The molecule has 0 aromatic rings. The van der Waals surface area contributed by atoms with Gasteiger partial charge < -0.3 is 15.3 Å². The Labute approximate surface area is 87.2 Å². The number of aliphatic carboxylic acids is 1. The summed E-state index contributed by atoms with van der Waals surface area (Å²) in [5, 5.41) is 11.3. The zero-order valence-corrected chi connectivity index (χ0v) is 8.69. The minimum absolute atomic E-state index is 0.148. The van der Waals surface area contributed by atoms with Crippen molar-refractivity contribution in [2.75, 3.05) is 13.6 Å². The second kappa shape index (κ2) is 4.29. The highest BCUT2D eigenvalue weighted by molar-refractivity contribution is 5.91. The number of hydrogen-bond acceptors (Lipinski definition) is 3. The summed E-state index contributed by atoms with van der Waals surface area (Å²) in [7, 11) is 1.43. The number of carbonyl (C=O) groups is 3. The van der Waals surface area contributed by atoms with E-state index in [1.54, 1.807) is 0 Å². The molecule has 1 saturated heterocycles. The van der Waals surface area contributed by atoms with Gasteiger partial charge in [-0.25, -0.2) is 4.79 Å². The van der Waals surface area contributed by atoms with Crippen molar-refractivity contribution in [1.82, 2.24) is 10.2 Å². The first-order valence-electron chi connectivity index (χ1n) is 4.69. The van der Waals surface area contributed by atoms with Gasteiger partial charge in [0.1, 0.15) is 6.04 Å². The van der Waals surface area contributed by atoms with Crippen LogP contribution in [0.2, 0.25) is 0 Å². The third-order valence-corrected chi connectivity index (χ3v) is 2.61. The highest BCUT2D eigenvalue weighted by Gasteiger charge is 2.33. The van der Waals surface area contributed by atoms with Crippen LogP contribution in [0.4, 0.5) is 0 Å². The van der Waals surface area contributed by atoms with E-state index in [-0.39, 0.29) is 18.2 Å². The summed E-state index contributed by atoms with van der Waals surface area (Å²) in [6.07, 6.45) is 0.148. The maximum absolute atomic E-state index is 11.7. The molecule has 6 heteroatoms. The molecule has 1 rings (SSSR count). The first-order chi connectivity index (χ1) is 6.93. The van der Waals surface area contributed by atoms with E-state index in [1.807, 2.05) is 0 Å². The van der Waals surface area contributed by atoms with Gasteiger partial charge in [0.15, 0.2) is 0 Å². The number of nitrogens with one attached hydrogen (secondary N) is 1. The normalized spacial score (nSPS) is 22.0. The molecule has 84 valence electrons. The molecule has 2 amide bonds. The van der Waals surface area contributed by atoms with Crippen molar-refractivity contribution >= 4 is 17.8 Å². The van der Waals surface area contributed by atoms with Crippen molar-refractivity contribution < 1.29 is 19.5 Å². The molecule has 0 radical (unpaired) electrons. The average Bonchev–Trinajstić information content (AvgIpc) is 2.61. The Kier molecular flexibility index (Phi) is 3.28. The molecule has 2 unspecified atom stereocenters. The summed E-state index contributed by atoms with van der Waals surface area (Å²) >= 11 is 0. The lowest BCUT2D eigenvalue weighted by molar-refractivity contribution is -0.149. The lowest BCUT2D eigenvalue weighted by atomic mass is 10.1. The van der Waals surface area contributed by atoms with Gasteiger partial charge in [-0.1, -0.05) is 0 Å². The average molecular weight is 214 g/mol. The summed E-state index contributed by atoms with van der Waals surface area (Å²) in [5.74, 6) is -1.94. The molecule has 0 aromatic heterocycles. The third-order valence-electron chi connectivity index (χ3n) is 2.61. The second-order valence-corrected chi connectivity index (χ2v) is 3.67. The minimum Gasteiger partial charge on any atom is -0.480 e. The predicted molar refractivity (Wildman–Crippen MR) is 51.0 cm³/mol. The van der Waals surface area contributed by atoms with Crippen LogP contribution in [0.5, 0.6) is 0 Å². The third kappa shape index (κ3) is 2.45. The Morgan fingerprint density at radius 2 is 2.20 bits per heavy atom. The fourth-order valence-corrected chi connectivity index (χ4v) is 1.42. The lowest BCUT2D eigenvalue weighted by Crippen LogP contribution is -2.43. The Morgan fingerprint density at radius 1 is 1.60 bits per heavy atom. The molecule has 1 heterocycles. The van der Waals surface area contributed by atoms with E-state index in [9.17, 15) is 14.4 Å². The van der Waals surface area contributed by atoms with Gasteiger partial charge in [0.25, 0.3) is 0 Å². The van der Waals surface area contributed by atoms with E-state index in [0.717, 1.165) is 4.90 Å². The molecule has 2 N–H and O–H groups in total. The van der Waals surface area contributed by atoms with Crippen LogP contribution in [-0.2, 0) is 14.4 Å². The van der Waals surface area contributed by atoms with Gasteiger partial charge in [-0.15, -0.1) is 0 Å². The summed E-state index contributed by atoms with van der Waals surface area (Å²) in [6, 6.07) is -0.867. The second-order valence-electron chi connectivity index (χ2n) is 3.67. The standard InChI is InChI=1S/C9H14N2O4/c1-5(9(14)15)11(2)8(13)6-3-7(12)10-4-6/h5-6H,3-4H2,1-2H3,(H,10,12)(H,14,15). The van der Waals surface area contributed by atoms with Gasteiger partial charge in [-0.05, 0) is 6.92 Å². The molecule has 0 spiro atoms. The topological polar surface area (TPSA) is 86.7 Å². The molecule has 0 bridgehead atoms. The van der Waals surface area contributed by atoms with Crippen molar-refractivity contribution in [3.05, 3.63) is 0 Å². The Hall–Kier alpha value is -1.59. The van der Waals surface area contributed by atoms with Gasteiger partial charge in [-0.3, -0.25) is 9.59 Å². The molecule has 0 aromatic carbocycles. The molecule has 1 aliphatic rings. The Bertz CT molecular complexity index is 302. The van der Waals surface area contributed by atoms with Crippen molar-refractivity contribution in [3.8, 4) is 0 Å². The highest BCUT2D eigenvalue weighted by atomic mass is 16.4. The summed E-state index contributed by atoms with van der Waals surface area (Å²) in [4.78, 5) is 34.4. The van der Waals surface area contributed by atoms with E-state index in [4.69, 9.17) is 5.11 Å². The van der Waals surface area contributed by atoms with E-state index in [0.29, 0.717) is 6.54 Å². The molecular formula is C9H14N2O4. The van der Waals surface area contributed by atoms with Crippen LogP contribution in [0.3, 0.4) is 0 Å². The van der Waals surface area contributed by atoms with Crippen molar-refractivity contribution in [1.29, 1.82) is 0 Å². The van der Waals surface area contributed by atoms with Gasteiger partial charge in [0.05, 0.1) is 5.92 Å². The zero-order valence-electron chi connectivity index (χ0n) is 8.69. The van der Waals surface area contributed by atoms with Crippen LogP contribution in [0.15, 0.2) is 0 Å². The molecule has 1 fully saturated rings. The quantitative estimate of drug-likeness (QED) is 0.634. The highest BCUT2D eigenvalue weighted by Crippen LogP contribution is 2.13. The lowest BCUT2D eigenvalue weighted by Gasteiger charge is -2.23. The molecule has 6 nitrogen and oxygen atoms in total. The molecule has 1 aliphatic heterocycles. The number of nitrogens with zero attached hydrogens (tertiary/aromatic N) is 1. The van der Waals surface area contributed by atoms with Crippen LogP contribution in [0, 0.1) is 5.92 Å². The monoisotopic (exact) mass is 214 g/mol. The van der Waals surface area contributed by atoms with Crippen LogP contribution >= 0.6 is 0 Å². The van der Waals surface area contributed by atoms with E-state index in [1.165, 1.54) is 14.0 Å². The molecule has 2 atom stereocenters. The fourth-order valence-electron chi connectivity index (χ4n) is 1.42. The zero-order chi connectivity index (χ0) is 11.6. The number of likely N-dealkylation sites (N-methyl/N-ethyl adjacent to an activating group) is 1. The van der Waals surface area contributed by atoms with Crippen molar-refractivity contribution in [3.63, 3.8) is 0 Å². The van der Waals surface area contributed by atoms with E-state index < -0.39 is 17.9 Å². The van der Waals surface area contributed by atoms with Gasteiger partial charge in [-0.2, -0.15) is 0 Å². The predicted octanol–water partition coefficient (Wildman–Crippen LogP) is -0.946. The molecule has 0 saturated carbocycles. The molecular weight excluding hydrogens is 200 g/mol. The number of rotatable bonds is 3. The van der Waals surface area contributed by atoms with E-state index in [2.05, 4.69) is 5.32 Å². The molecule has 0 aliphatic carbocycles. The van der Waals surface area contributed by atoms with Crippen LogP contribution in [0.1, 0.15) is 13.3 Å². The smallest absolute Gasteiger partial charge is 0.326 e. The van der Waals surface area contributed by atoms with Crippen LogP contribution in [-0.4, -0.2) is 47.4 Å². The summed E-state index contributed by atoms with van der Waals surface area (Å²) in [5.41, 5.74) is 0. The van der Waals surface area contributed by atoms with Gasteiger partial charge in [0.2, 0.25) is 11.8 Å². The van der Waals surface area contributed by atoms with E-state index >= 15 is 0 Å². The molecule has 15 heavy (non-hydrogen) atoms. The Morgan fingerprint density at radius 3 is 2.60 bits per heavy atom.